The van der Waals surface area contributed by atoms with Gasteiger partial charge in [-0.3, -0.25) is 10.1 Å². The van der Waals surface area contributed by atoms with Gasteiger partial charge in [0.15, 0.2) is 0 Å². The highest BCUT2D eigenvalue weighted by Gasteiger charge is 2.24. The fraction of sp³-hybridized carbons (Fsp3) is 0.400. The summed E-state index contributed by atoms with van der Waals surface area (Å²) in [6, 6.07) is 2.42. The highest BCUT2D eigenvalue weighted by atomic mass is 79.9. The summed E-state index contributed by atoms with van der Waals surface area (Å²) in [5.74, 6) is -0.622. The van der Waals surface area contributed by atoms with Crippen molar-refractivity contribution in [3.8, 4) is 0 Å². The van der Waals surface area contributed by atoms with Gasteiger partial charge in [-0.2, -0.15) is 0 Å². The largest absolute Gasteiger partial charge is 0.274 e. The molecule has 3 nitrogen and oxygen atoms in total. The van der Waals surface area contributed by atoms with Crippen LogP contribution < -0.4 is 0 Å². The summed E-state index contributed by atoms with van der Waals surface area (Å²) in [4.78, 5) is 10.4. The van der Waals surface area contributed by atoms with E-state index in [1.165, 1.54) is 12.1 Å². The molecule has 6 heteroatoms. The Labute approximate surface area is 109 Å². The third-order valence-corrected chi connectivity index (χ3v) is 3.85. The van der Waals surface area contributed by atoms with Crippen molar-refractivity contribution in [2.24, 2.45) is 0 Å². The quantitative estimate of drug-likeness (QED) is 0.459. The number of alkyl halides is 1. The fourth-order valence-corrected chi connectivity index (χ4v) is 1.94. The van der Waals surface area contributed by atoms with E-state index >= 15 is 0 Å². The molecule has 88 valence electrons. The van der Waals surface area contributed by atoms with Gasteiger partial charge in [-0.05, 0) is 22.0 Å². The summed E-state index contributed by atoms with van der Waals surface area (Å²) in [6.07, 6.45) is 0. The molecule has 0 aromatic heterocycles. The van der Waals surface area contributed by atoms with Crippen LogP contribution in [-0.4, -0.2) is 9.75 Å². The van der Waals surface area contributed by atoms with E-state index in [0.29, 0.717) is 5.56 Å². The lowest BCUT2D eigenvalue weighted by Crippen LogP contribution is -2.08. The summed E-state index contributed by atoms with van der Waals surface area (Å²) in [7, 11) is 0. The van der Waals surface area contributed by atoms with E-state index in [9.17, 15) is 14.5 Å². The molecule has 1 aromatic carbocycles. The Morgan fingerprint density at radius 3 is 2.44 bits per heavy atom. The van der Waals surface area contributed by atoms with Crippen molar-refractivity contribution in [2.45, 2.75) is 24.6 Å². The molecule has 0 radical (unpaired) electrons. The zero-order chi connectivity index (χ0) is 12.5. The lowest BCUT2D eigenvalue weighted by atomic mass is 9.97. The molecule has 0 saturated heterocycles. The summed E-state index contributed by atoms with van der Waals surface area (Å²) >= 11 is 6.29. The van der Waals surface area contributed by atoms with Gasteiger partial charge in [0.2, 0.25) is 0 Å². The van der Waals surface area contributed by atoms with E-state index in [0.717, 1.165) is 0 Å². The molecule has 0 aliphatic rings. The smallest absolute Gasteiger partial charge is 0.258 e. The molecule has 0 saturated carbocycles. The topological polar surface area (TPSA) is 43.1 Å². The van der Waals surface area contributed by atoms with Crippen LogP contribution in [0.25, 0.3) is 0 Å². The lowest BCUT2D eigenvalue weighted by Gasteiger charge is -2.15. The minimum Gasteiger partial charge on any atom is -0.258 e. The summed E-state index contributed by atoms with van der Waals surface area (Å²) in [5, 5.41) is 10.9. The van der Waals surface area contributed by atoms with Crippen molar-refractivity contribution >= 4 is 37.5 Å². The SMILES string of the molecule is CC(Br)C(C)c1cc(F)c(Br)cc1[N+](=O)[O-]. The van der Waals surface area contributed by atoms with Gasteiger partial charge in [0.1, 0.15) is 5.82 Å². The van der Waals surface area contributed by atoms with Gasteiger partial charge < -0.3 is 0 Å². The van der Waals surface area contributed by atoms with Crippen LogP contribution in [0, 0.1) is 15.9 Å². The molecule has 0 heterocycles. The number of hydrogen-bond donors (Lipinski definition) is 0. The third kappa shape index (κ3) is 2.79. The Bertz CT molecular complexity index is 424. The molecule has 0 N–H and O–H groups in total. The number of halogens is 3. The molecule has 0 fully saturated rings. The van der Waals surface area contributed by atoms with Crippen LogP contribution in [0.3, 0.4) is 0 Å². The van der Waals surface area contributed by atoms with Gasteiger partial charge in [-0.25, -0.2) is 4.39 Å². The Morgan fingerprint density at radius 1 is 1.44 bits per heavy atom. The molecule has 16 heavy (non-hydrogen) atoms. The van der Waals surface area contributed by atoms with Crippen molar-refractivity contribution in [3.05, 3.63) is 38.1 Å². The van der Waals surface area contributed by atoms with Crippen LogP contribution >= 0.6 is 31.9 Å². The average Bonchev–Trinajstić information content (AvgIpc) is 2.19. The molecule has 0 aliphatic carbocycles. The maximum absolute atomic E-state index is 13.4. The van der Waals surface area contributed by atoms with Gasteiger partial charge >= 0.3 is 0 Å². The Balaban J connectivity index is 3.36. The molecule has 2 unspecified atom stereocenters. The van der Waals surface area contributed by atoms with Crippen LogP contribution in [0.2, 0.25) is 0 Å². The van der Waals surface area contributed by atoms with E-state index in [-0.39, 0.29) is 20.9 Å². The van der Waals surface area contributed by atoms with E-state index in [4.69, 9.17) is 0 Å². The number of nitro benzene ring substituents is 1. The molecule has 1 aromatic rings. The van der Waals surface area contributed by atoms with Crippen LogP contribution in [0.4, 0.5) is 10.1 Å². The zero-order valence-electron chi connectivity index (χ0n) is 8.71. The summed E-state index contributed by atoms with van der Waals surface area (Å²) in [5.41, 5.74) is 0.335. The van der Waals surface area contributed by atoms with Gasteiger partial charge in [0.25, 0.3) is 5.69 Å². The lowest BCUT2D eigenvalue weighted by molar-refractivity contribution is -0.385. The van der Waals surface area contributed by atoms with Crippen molar-refractivity contribution < 1.29 is 9.31 Å². The number of hydrogen-bond acceptors (Lipinski definition) is 2. The van der Waals surface area contributed by atoms with Crippen molar-refractivity contribution in [1.29, 1.82) is 0 Å². The Morgan fingerprint density at radius 2 is 2.00 bits per heavy atom. The Kier molecular flexibility index (Phi) is 4.43. The standard InChI is InChI=1S/C10H10Br2FNO2/c1-5(6(2)11)7-3-9(13)8(12)4-10(7)14(15)16/h3-6H,1-2H3. The first-order valence-corrected chi connectivity index (χ1v) is 6.33. The van der Waals surface area contributed by atoms with E-state index in [2.05, 4.69) is 31.9 Å². The van der Waals surface area contributed by atoms with Gasteiger partial charge in [-0.15, -0.1) is 0 Å². The van der Waals surface area contributed by atoms with Crippen LogP contribution in [0.15, 0.2) is 16.6 Å². The predicted molar refractivity (Wildman–Crippen MR) is 67.6 cm³/mol. The van der Waals surface area contributed by atoms with Crippen LogP contribution in [-0.2, 0) is 0 Å². The average molecular weight is 355 g/mol. The van der Waals surface area contributed by atoms with Crippen LogP contribution in [0.5, 0.6) is 0 Å². The van der Waals surface area contributed by atoms with Crippen molar-refractivity contribution in [3.63, 3.8) is 0 Å². The number of benzene rings is 1. The molecular weight excluding hydrogens is 345 g/mol. The highest BCUT2D eigenvalue weighted by Crippen LogP contribution is 2.34. The molecular formula is C10H10Br2FNO2. The van der Waals surface area contributed by atoms with Gasteiger partial charge in [-0.1, -0.05) is 29.8 Å². The van der Waals surface area contributed by atoms with E-state index in [1.54, 1.807) is 0 Å². The first kappa shape index (κ1) is 13.6. The number of rotatable bonds is 3. The molecule has 0 spiro atoms. The second-order valence-electron chi connectivity index (χ2n) is 3.55. The molecule has 0 aliphatic heterocycles. The summed E-state index contributed by atoms with van der Waals surface area (Å²) < 4.78 is 13.5. The number of nitro groups is 1. The second kappa shape index (κ2) is 5.23. The second-order valence-corrected chi connectivity index (χ2v) is 5.85. The molecule has 0 amide bonds. The monoisotopic (exact) mass is 353 g/mol. The number of nitrogens with zero attached hydrogens (tertiary/aromatic N) is 1. The fourth-order valence-electron chi connectivity index (χ4n) is 1.32. The minimum absolute atomic E-state index is 0.0341. The zero-order valence-corrected chi connectivity index (χ0v) is 11.9. The molecule has 2 atom stereocenters. The van der Waals surface area contributed by atoms with Gasteiger partial charge in [0.05, 0.1) is 9.40 Å². The molecule has 0 bridgehead atoms. The Hall–Kier alpha value is -0.490. The summed E-state index contributed by atoms with van der Waals surface area (Å²) in [6.45, 7) is 3.68. The molecule has 1 rings (SSSR count). The third-order valence-electron chi connectivity index (χ3n) is 2.45. The van der Waals surface area contributed by atoms with Gasteiger partial charge in [0, 0.05) is 22.4 Å². The maximum atomic E-state index is 13.4. The maximum Gasteiger partial charge on any atom is 0.274 e. The predicted octanol–water partition coefficient (Wildman–Crippen LogP) is 4.38. The highest BCUT2D eigenvalue weighted by molar-refractivity contribution is 9.10. The van der Waals surface area contributed by atoms with Crippen molar-refractivity contribution in [1.82, 2.24) is 0 Å². The first-order chi connectivity index (χ1) is 7.34. The van der Waals surface area contributed by atoms with E-state index in [1.807, 2.05) is 13.8 Å². The normalized spacial score (nSPS) is 14.6. The van der Waals surface area contributed by atoms with Crippen molar-refractivity contribution in [2.75, 3.05) is 0 Å². The minimum atomic E-state index is -0.495. The first-order valence-electron chi connectivity index (χ1n) is 4.62. The van der Waals surface area contributed by atoms with Crippen LogP contribution in [0.1, 0.15) is 25.3 Å². The van der Waals surface area contributed by atoms with E-state index < -0.39 is 10.7 Å².